The van der Waals surface area contributed by atoms with Crippen molar-refractivity contribution in [2.75, 3.05) is 0 Å². The smallest absolute Gasteiger partial charge is 0.315 e. The summed E-state index contributed by atoms with van der Waals surface area (Å²) in [5.74, 6) is -1.87. The minimum atomic E-state index is -1.43. The molecule has 58 valence electrons. The first-order valence-corrected chi connectivity index (χ1v) is 3.54. The number of carbonyl (C=O) groups is 1. The second-order valence-corrected chi connectivity index (χ2v) is 2.85. The summed E-state index contributed by atoms with van der Waals surface area (Å²) in [6.45, 7) is 2.59. The monoisotopic (exact) mass is 210 g/mol. The second kappa shape index (κ2) is 3.14. The van der Waals surface area contributed by atoms with Gasteiger partial charge in [-0.15, -0.1) is 0 Å². The first-order chi connectivity index (χ1) is 4.42. The van der Waals surface area contributed by atoms with Crippen LogP contribution in [-0.4, -0.2) is 11.1 Å². The van der Waals surface area contributed by atoms with Gasteiger partial charge in [0.1, 0.15) is 11.2 Å². The minimum absolute atomic E-state index is 0.694. The molecule has 0 amide bonds. The highest BCUT2D eigenvalue weighted by Crippen LogP contribution is 2.28. The zero-order chi connectivity index (χ0) is 8.36. The molecule has 0 fully saturated rings. The summed E-state index contributed by atoms with van der Waals surface area (Å²) >= 11 is 2.72. The molecule has 0 aromatic rings. The van der Waals surface area contributed by atoms with Crippen LogP contribution in [0.1, 0.15) is 13.8 Å². The average molecular weight is 211 g/mol. The third-order valence-electron chi connectivity index (χ3n) is 1.23. The molecule has 0 aromatic heterocycles. The highest BCUT2D eigenvalue weighted by molar-refractivity contribution is 9.11. The zero-order valence-corrected chi connectivity index (χ0v) is 7.27. The molecule has 0 bridgehead atoms. The van der Waals surface area contributed by atoms with Crippen LogP contribution >= 0.6 is 15.9 Å². The normalized spacial score (nSPS) is 13.4. The molecular formula is C6H8BrFO2. The number of aliphatic carboxylic acids is 1. The predicted molar refractivity (Wildman–Crippen MR) is 39.5 cm³/mol. The summed E-state index contributed by atoms with van der Waals surface area (Å²) in [4.78, 5) is 11.3. The van der Waals surface area contributed by atoms with E-state index in [0.29, 0.717) is 0 Å². The van der Waals surface area contributed by atoms with Gasteiger partial charge in [-0.3, -0.25) is 4.79 Å². The molecule has 0 aromatic carbocycles. The van der Waals surface area contributed by atoms with Crippen LogP contribution in [0.25, 0.3) is 0 Å². The van der Waals surface area contributed by atoms with Gasteiger partial charge in [-0.1, -0.05) is 15.9 Å². The van der Waals surface area contributed by atoms with Gasteiger partial charge in [-0.2, -0.15) is 0 Å². The molecule has 0 atom stereocenters. The van der Waals surface area contributed by atoms with E-state index in [4.69, 9.17) is 5.11 Å². The van der Waals surface area contributed by atoms with Gasteiger partial charge in [-0.25, -0.2) is 4.39 Å². The van der Waals surface area contributed by atoms with E-state index in [9.17, 15) is 9.18 Å². The summed E-state index contributed by atoms with van der Waals surface area (Å²) in [7, 11) is 0. The van der Waals surface area contributed by atoms with E-state index in [0.717, 1.165) is 4.99 Å². The molecule has 0 saturated carbocycles. The number of rotatable bonds is 2. The molecule has 0 rings (SSSR count). The Kier molecular flexibility index (Phi) is 3.02. The van der Waals surface area contributed by atoms with Crippen LogP contribution in [0.5, 0.6) is 0 Å². The second-order valence-electron chi connectivity index (χ2n) is 2.39. The summed E-state index contributed by atoms with van der Waals surface area (Å²) < 4.78 is 12.6. The van der Waals surface area contributed by atoms with Gasteiger partial charge in [0.2, 0.25) is 0 Å². The van der Waals surface area contributed by atoms with E-state index in [1.54, 1.807) is 0 Å². The molecule has 1 N–H and O–H groups in total. The predicted octanol–water partition coefficient (Wildman–Crippen LogP) is 2.30. The van der Waals surface area contributed by atoms with Crippen LogP contribution < -0.4 is 0 Å². The Morgan fingerprint density at radius 3 is 2.20 bits per heavy atom. The maximum Gasteiger partial charge on any atom is 0.315 e. The maximum atomic E-state index is 12.6. The summed E-state index contributed by atoms with van der Waals surface area (Å²) in [5, 5.41) is 8.44. The van der Waals surface area contributed by atoms with Crippen molar-refractivity contribution in [2.24, 2.45) is 5.41 Å². The van der Waals surface area contributed by atoms with E-state index in [-0.39, 0.29) is 0 Å². The van der Waals surface area contributed by atoms with Crippen LogP contribution in [0.4, 0.5) is 4.39 Å². The van der Waals surface area contributed by atoms with Gasteiger partial charge in [0.05, 0.1) is 0 Å². The van der Waals surface area contributed by atoms with Crippen molar-refractivity contribution >= 4 is 21.9 Å². The number of carboxylic acids is 1. The molecule has 0 unspecified atom stereocenters. The van der Waals surface area contributed by atoms with Gasteiger partial charge in [0.15, 0.2) is 0 Å². The molecule has 2 nitrogen and oxygen atoms in total. The number of hydrogen-bond acceptors (Lipinski definition) is 1. The fourth-order valence-corrected chi connectivity index (χ4v) is 0.811. The lowest BCUT2D eigenvalue weighted by molar-refractivity contribution is -0.145. The third-order valence-corrected chi connectivity index (χ3v) is 1.63. The lowest BCUT2D eigenvalue weighted by Gasteiger charge is -2.15. The van der Waals surface area contributed by atoms with E-state index < -0.39 is 17.2 Å². The van der Waals surface area contributed by atoms with Gasteiger partial charge in [0, 0.05) is 4.99 Å². The van der Waals surface area contributed by atoms with Crippen LogP contribution in [0.3, 0.4) is 0 Å². The Morgan fingerprint density at radius 1 is 1.70 bits per heavy atom. The molecule has 0 heterocycles. The fraction of sp³-hybridized carbons (Fsp3) is 0.500. The van der Waals surface area contributed by atoms with Crippen molar-refractivity contribution in [1.29, 1.82) is 0 Å². The van der Waals surface area contributed by atoms with Gasteiger partial charge in [0.25, 0.3) is 0 Å². The van der Waals surface area contributed by atoms with Crippen LogP contribution in [0.2, 0.25) is 0 Å². The van der Waals surface area contributed by atoms with Crippen molar-refractivity contribution in [3.63, 3.8) is 0 Å². The molecule has 0 aliphatic rings. The molecule has 0 saturated heterocycles. The summed E-state index contributed by atoms with van der Waals surface area (Å²) in [6, 6.07) is 0. The molecule has 10 heavy (non-hydrogen) atoms. The first kappa shape index (κ1) is 9.62. The Hall–Kier alpha value is -0.380. The average Bonchev–Trinajstić information content (AvgIpc) is 1.86. The van der Waals surface area contributed by atoms with Gasteiger partial charge >= 0.3 is 5.97 Å². The van der Waals surface area contributed by atoms with Crippen LogP contribution in [0, 0.1) is 5.41 Å². The van der Waals surface area contributed by atoms with Crippen molar-refractivity contribution in [2.45, 2.75) is 13.8 Å². The molecular weight excluding hydrogens is 203 g/mol. The maximum absolute atomic E-state index is 12.6. The number of carboxylic acid groups (broad SMARTS) is 1. The van der Waals surface area contributed by atoms with Crippen molar-refractivity contribution in [1.82, 2.24) is 0 Å². The van der Waals surface area contributed by atoms with E-state index in [1.807, 2.05) is 0 Å². The Bertz CT molecular complexity index is 175. The lowest BCUT2D eigenvalue weighted by atomic mass is 9.93. The molecule has 0 spiro atoms. The van der Waals surface area contributed by atoms with E-state index in [1.165, 1.54) is 13.8 Å². The number of hydrogen-bond donors (Lipinski definition) is 1. The van der Waals surface area contributed by atoms with Crippen molar-refractivity contribution < 1.29 is 14.3 Å². The quantitative estimate of drug-likeness (QED) is 0.760. The van der Waals surface area contributed by atoms with E-state index in [2.05, 4.69) is 15.9 Å². The summed E-state index contributed by atoms with van der Waals surface area (Å²) in [5.41, 5.74) is -1.43. The fourth-order valence-electron chi connectivity index (χ4n) is 0.239. The van der Waals surface area contributed by atoms with Gasteiger partial charge < -0.3 is 5.11 Å². The lowest BCUT2D eigenvalue weighted by Crippen LogP contribution is -2.23. The van der Waals surface area contributed by atoms with Crippen molar-refractivity contribution in [3.05, 3.63) is 10.8 Å². The SMILES string of the molecule is CC(C)(C(=O)O)/C(F)=C\Br. The van der Waals surface area contributed by atoms with Crippen molar-refractivity contribution in [3.8, 4) is 0 Å². The summed E-state index contributed by atoms with van der Waals surface area (Å²) in [6.07, 6.45) is 0. The molecule has 0 aliphatic carbocycles. The Labute approximate surface area is 66.9 Å². The molecule has 4 heteroatoms. The highest BCUT2D eigenvalue weighted by atomic mass is 79.9. The standard InChI is InChI=1S/C6H8BrFO2/c1-6(2,5(9)10)4(8)3-7/h3H,1-2H3,(H,9,10)/b4-3+. The molecule has 0 radical (unpaired) electrons. The van der Waals surface area contributed by atoms with Gasteiger partial charge in [-0.05, 0) is 13.8 Å². The third kappa shape index (κ3) is 1.80. The number of halogens is 2. The zero-order valence-electron chi connectivity index (χ0n) is 5.69. The van der Waals surface area contributed by atoms with E-state index >= 15 is 0 Å². The van der Waals surface area contributed by atoms with Crippen LogP contribution in [-0.2, 0) is 4.79 Å². The Morgan fingerprint density at radius 2 is 2.10 bits per heavy atom. The Balaban J connectivity index is 4.56. The van der Waals surface area contributed by atoms with Crippen LogP contribution in [0.15, 0.2) is 10.8 Å². The first-order valence-electron chi connectivity index (χ1n) is 2.62. The topological polar surface area (TPSA) is 37.3 Å². The highest BCUT2D eigenvalue weighted by Gasteiger charge is 2.32. The molecule has 0 aliphatic heterocycles. The minimum Gasteiger partial charge on any atom is -0.481 e. The largest absolute Gasteiger partial charge is 0.481 e.